The van der Waals surface area contributed by atoms with Gasteiger partial charge in [0.25, 0.3) is 0 Å². The molecular formula is C24H26N4O5. The van der Waals surface area contributed by atoms with E-state index in [1.54, 1.807) is 68.4 Å². The smallest absolute Gasteiger partial charge is 0.318 e. The lowest BCUT2D eigenvalue weighted by Crippen LogP contribution is -2.54. The summed E-state index contributed by atoms with van der Waals surface area (Å²) in [6, 6.07) is 12.5. The van der Waals surface area contributed by atoms with Crippen LogP contribution >= 0.6 is 0 Å². The van der Waals surface area contributed by atoms with Gasteiger partial charge in [0.15, 0.2) is 0 Å². The van der Waals surface area contributed by atoms with E-state index in [4.69, 9.17) is 10.5 Å². The summed E-state index contributed by atoms with van der Waals surface area (Å²) >= 11 is 0. The molecular weight excluding hydrogens is 424 g/mol. The van der Waals surface area contributed by atoms with Crippen LogP contribution in [-0.4, -0.2) is 47.8 Å². The van der Waals surface area contributed by atoms with Crippen molar-refractivity contribution in [1.82, 2.24) is 10.2 Å². The summed E-state index contributed by atoms with van der Waals surface area (Å²) in [7, 11) is 1.53. The number of imide groups is 1. The zero-order valence-corrected chi connectivity index (χ0v) is 18.6. The molecule has 2 aromatic rings. The highest BCUT2D eigenvalue weighted by Crippen LogP contribution is 2.50. The molecule has 0 spiro atoms. The highest BCUT2D eigenvalue weighted by molar-refractivity contribution is 6.24. The largest absolute Gasteiger partial charge is 0.497 e. The van der Waals surface area contributed by atoms with Crippen LogP contribution in [0.3, 0.4) is 0 Å². The lowest BCUT2D eigenvalue weighted by atomic mass is 9.86. The number of urea groups is 1. The van der Waals surface area contributed by atoms with Gasteiger partial charge in [-0.1, -0.05) is 30.3 Å². The van der Waals surface area contributed by atoms with Crippen molar-refractivity contribution < 1.29 is 23.9 Å². The lowest BCUT2D eigenvalue weighted by molar-refractivity contribution is -0.129. The number of carbonyl (C=O) groups is 4. The molecule has 0 bridgehead atoms. The van der Waals surface area contributed by atoms with Crippen molar-refractivity contribution in [1.29, 1.82) is 0 Å². The topological polar surface area (TPSA) is 122 Å². The number of para-hydroxylation sites is 1. The van der Waals surface area contributed by atoms with Gasteiger partial charge in [0.2, 0.25) is 17.7 Å². The van der Waals surface area contributed by atoms with E-state index >= 15 is 0 Å². The van der Waals surface area contributed by atoms with Crippen molar-refractivity contribution in [3.63, 3.8) is 0 Å². The number of hydrogen-bond acceptors (Lipinski definition) is 5. The number of nitrogens with two attached hydrogens (primary N) is 1. The van der Waals surface area contributed by atoms with E-state index in [2.05, 4.69) is 5.32 Å². The molecule has 9 heteroatoms. The van der Waals surface area contributed by atoms with Gasteiger partial charge in [0, 0.05) is 6.04 Å². The Balaban J connectivity index is 1.85. The molecule has 4 atom stereocenters. The molecule has 4 rings (SSSR count). The normalized spacial score (nSPS) is 24.2. The Morgan fingerprint density at radius 2 is 1.58 bits per heavy atom. The number of amides is 5. The van der Waals surface area contributed by atoms with Gasteiger partial charge in [-0.15, -0.1) is 0 Å². The molecule has 9 nitrogen and oxygen atoms in total. The maximum atomic E-state index is 13.6. The number of hydrogen-bond donors (Lipinski definition) is 2. The Kier molecular flexibility index (Phi) is 5.80. The van der Waals surface area contributed by atoms with Crippen LogP contribution < -0.4 is 20.7 Å². The SMILES string of the molecule is COc1ccc(C2C3C(=O)N(c4ccccc4)C(=O)C3C(C(N)=O)N2C(=O)NC(C)C)cc1. The first kappa shape index (κ1) is 22.3. The highest BCUT2D eigenvalue weighted by Gasteiger charge is 2.65. The van der Waals surface area contributed by atoms with Gasteiger partial charge in [-0.2, -0.15) is 0 Å². The van der Waals surface area contributed by atoms with Crippen LogP contribution in [0.4, 0.5) is 10.5 Å². The van der Waals surface area contributed by atoms with Gasteiger partial charge in [-0.05, 0) is 43.7 Å². The van der Waals surface area contributed by atoms with E-state index in [1.165, 1.54) is 12.0 Å². The summed E-state index contributed by atoms with van der Waals surface area (Å²) in [4.78, 5) is 55.3. The van der Waals surface area contributed by atoms with Gasteiger partial charge in [0.05, 0.1) is 30.7 Å². The number of methoxy groups -OCH3 is 1. The third-order valence-corrected chi connectivity index (χ3v) is 6.09. The molecule has 33 heavy (non-hydrogen) atoms. The summed E-state index contributed by atoms with van der Waals surface area (Å²) < 4.78 is 5.22. The van der Waals surface area contributed by atoms with E-state index < -0.39 is 47.7 Å². The van der Waals surface area contributed by atoms with E-state index in [0.717, 1.165) is 4.90 Å². The second-order valence-electron chi connectivity index (χ2n) is 8.48. The van der Waals surface area contributed by atoms with Gasteiger partial charge in [-0.25, -0.2) is 9.69 Å². The van der Waals surface area contributed by atoms with Gasteiger partial charge < -0.3 is 20.7 Å². The predicted octanol–water partition coefficient (Wildman–Crippen LogP) is 1.83. The van der Waals surface area contributed by atoms with E-state index in [1.807, 2.05) is 0 Å². The average Bonchev–Trinajstić information content (AvgIpc) is 3.27. The average molecular weight is 450 g/mol. The van der Waals surface area contributed by atoms with E-state index in [-0.39, 0.29) is 6.04 Å². The zero-order chi connectivity index (χ0) is 23.9. The van der Waals surface area contributed by atoms with Crippen LogP contribution in [0.1, 0.15) is 25.5 Å². The molecule has 2 aliphatic rings. The molecule has 0 radical (unpaired) electrons. The fourth-order valence-electron chi connectivity index (χ4n) is 4.78. The highest BCUT2D eigenvalue weighted by atomic mass is 16.5. The summed E-state index contributed by atoms with van der Waals surface area (Å²) in [6.07, 6.45) is 0. The minimum Gasteiger partial charge on any atom is -0.497 e. The molecule has 0 aromatic heterocycles. The van der Waals surface area contributed by atoms with Crippen LogP contribution in [-0.2, 0) is 14.4 Å². The molecule has 0 aliphatic carbocycles. The summed E-state index contributed by atoms with van der Waals surface area (Å²) in [5, 5.41) is 2.77. The molecule has 2 fully saturated rings. The molecule has 3 N–H and O–H groups in total. The third kappa shape index (κ3) is 3.69. The van der Waals surface area contributed by atoms with E-state index in [9.17, 15) is 19.2 Å². The zero-order valence-electron chi connectivity index (χ0n) is 18.6. The van der Waals surface area contributed by atoms with Crippen molar-refractivity contribution in [3.8, 4) is 5.75 Å². The summed E-state index contributed by atoms with van der Waals surface area (Å²) in [5.41, 5.74) is 6.74. The number of primary amides is 1. The second-order valence-corrected chi connectivity index (χ2v) is 8.48. The number of carbonyl (C=O) groups excluding carboxylic acids is 4. The van der Waals surface area contributed by atoms with Crippen LogP contribution in [0.5, 0.6) is 5.75 Å². The predicted molar refractivity (Wildman–Crippen MR) is 120 cm³/mol. The van der Waals surface area contributed by atoms with Crippen molar-refractivity contribution in [2.45, 2.75) is 32.0 Å². The first-order valence-corrected chi connectivity index (χ1v) is 10.7. The molecule has 2 saturated heterocycles. The summed E-state index contributed by atoms with van der Waals surface area (Å²) in [6.45, 7) is 3.56. The fraction of sp³-hybridized carbons (Fsp3) is 0.333. The second kappa shape index (κ2) is 8.57. The first-order valence-electron chi connectivity index (χ1n) is 10.7. The Bertz CT molecular complexity index is 1090. The Morgan fingerprint density at radius 1 is 0.970 bits per heavy atom. The number of rotatable bonds is 5. The van der Waals surface area contributed by atoms with Crippen molar-refractivity contribution in [2.75, 3.05) is 12.0 Å². The van der Waals surface area contributed by atoms with Gasteiger partial charge >= 0.3 is 6.03 Å². The molecule has 172 valence electrons. The monoisotopic (exact) mass is 450 g/mol. The van der Waals surface area contributed by atoms with Crippen LogP contribution in [0.15, 0.2) is 54.6 Å². The van der Waals surface area contributed by atoms with Crippen LogP contribution in [0, 0.1) is 11.8 Å². The molecule has 2 aromatic carbocycles. The molecule has 2 heterocycles. The molecule has 0 saturated carbocycles. The Morgan fingerprint density at radius 3 is 2.12 bits per heavy atom. The van der Waals surface area contributed by atoms with Crippen LogP contribution in [0.2, 0.25) is 0 Å². The van der Waals surface area contributed by atoms with Crippen LogP contribution in [0.25, 0.3) is 0 Å². The fourth-order valence-corrected chi connectivity index (χ4v) is 4.78. The number of benzene rings is 2. The first-order chi connectivity index (χ1) is 15.8. The lowest BCUT2D eigenvalue weighted by Gasteiger charge is -2.33. The number of fused-ring (bicyclic) bond motifs is 1. The van der Waals surface area contributed by atoms with Crippen molar-refractivity contribution in [2.24, 2.45) is 17.6 Å². The minimum atomic E-state index is -1.27. The number of likely N-dealkylation sites (tertiary alicyclic amines) is 1. The number of nitrogens with zero attached hydrogens (tertiary/aromatic N) is 2. The molecule has 5 amide bonds. The Labute approximate surface area is 191 Å². The summed E-state index contributed by atoms with van der Waals surface area (Å²) in [5.74, 6) is -3.29. The maximum absolute atomic E-state index is 13.6. The van der Waals surface area contributed by atoms with Gasteiger partial charge in [-0.3, -0.25) is 14.4 Å². The van der Waals surface area contributed by atoms with Crippen molar-refractivity contribution >= 4 is 29.4 Å². The Hall–Kier alpha value is -3.88. The van der Waals surface area contributed by atoms with Crippen molar-refractivity contribution in [3.05, 3.63) is 60.2 Å². The van der Waals surface area contributed by atoms with Gasteiger partial charge in [0.1, 0.15) is 11.8 Å². The molecule has 4 unspecified atom stereocenters. The number of ether oxygens (including phenoxy) is 1. The minimum absolute atomic E-state index is 0.227. The standard InChI is InChI=1S/C24H26N4O5/c1-13(2)26-24(32)28-19(14-9-11-16(33-3)12-10-14)17-18(20(28)21(25)29)23(31)27(22(17)30)15-7-5-4-6-8-15/h4-13,17-20H,1-3H3,(H2,25,29)(H,26,32). The quantitative estimate of drug-likeness (QED) is 0.673. The number of anilines is 1. The number of nitrogens with one attached hydrogen (secondary N) is 1. The van der Waals surface area contributed by atoms with E-state index in [0.29, 0.717) is 17.0 Å². The third-order valence-electron chi connectivity index (χ3n) is 6.09. The molecule has 2 aliphatic heterocycles. The maximum Gasteiger partial charge on any atom is 0.318 e.